The number of hydrogen-bond acceptors (Lipinski definition) is 3. The first-order valence-corrected chi connectivity index (χ1v) is 7.72. The number of amides is 2. The number of hydrogen-bond donors (Lipinski definition) is 2. The predicted octanol–water partition coefficient (Wildman–Crippen LogP) is 2.31. The zero-order valence-corrected chi connectivity index (χ0v) is 13.1. The summed E-state index contributed by atoms with van der Waals surface area (Å²) in [6.45, 7) is 3.07. The molecule has 2 amide bonds. The molecule has 0 unspecified atom stereocenters. The van der Waals surface area contributed by atoms with Gasteiger partial charge in [0.15, 0.2) is 0 Å². The van der Waals surface area contributed by atoms with E-state index in [0.717, 1.165) is 38.0 Å². The van der Waals surface area contributed by atoms with Gasteiger partial charge in [0.2, 0.25) is 0 Å². The molecule has 0 spiro atoms. The highest BCUT2D eigenvalue weighted by molar-refractivity contribution is 6.06. The van der Waals surface area contributed by atoms with Gasteiger partial charge in [0.25, 0.3) is 0 Å². The molecule has 0 aromatic heterocycles. The molecule has 1 aliphatic rings. The molecule has 0 saturated carbocycles. The topological polar surface area (TPSA) is 59.4 Å². The molecule has 22 heavy (non-hydrogen) atoms. The quantitative estimate of drug-likeness (QED) is 0.792. The molecule has 0 radical (unpaired) electrons. The predicted molar refractivity (Wildman–Crippen MR) is 89.2 cm³/mol. The van der Waals surface area contributed by atoms with Crippen molar-refractivity contribution in [3.8, 4) is 0 Å². The Balaban J connectivity index is 1.69. The van der Waals surface area contributed by atoms with Crippen LogP contribution in [0.3, 0.4) is 0 Å². The van der Waals surface area contributed by atoms with Crippen LogP contribution in [-0.4, -0.2) is 54.8 Å². The molecule has 0 aliphatic carbocycles. The Labute approximate surface area is 132 Å². The summed E-state index contributed by atoms with van der Waals surface area (Å²) in [5.74, 6) is 0. The lowest BCUT2D eigenvalue weighted by Gasteiger charge is -2.18. The number of nitrogens with zero attached hydrogens (tertiary/aromatic N) is 2. The molecule has 1 fully saturated rings. The fraction of sp³-hybridized carbons (Fsp3) is 0.412. The molecule has 118 valence electrons. The molecule has 1 aliphatic heterocycles. The van der Waals surface area contributed by atoms with Gasteiger partial charge in [-0.15, -0.1) is 0 Å². The molecule has 5 heteroatoms. The van der Waals surface area contributed by atoms with E-state index in [2.05, 4.69) is 5.32 Å². The summed E-state index contributed by atoms with van der Waals surface area (Å²) in [5.41, 5.74) is 1.38. The van der Waals surface area contributed by atoms with Gasteiger partial charge in [-0.3, -0.25) is 0 Å². The third kappa shape index (κ3) is 4.91. The minimum atomic E-state index is 0.0342. The number of likely N-dealkylation sites (N-methyl/N-ethyl adjacent to an activating group) is 1. The summed E-state index contributed by atoms with van der Waals surface area (Å²) in [5, 5.41) is 10.9. The maximum absolute atomic E-state index is 11.8. The summed E-state index contributed by atoms with van der Waals surface area (Å²) in [6.07, 6.45) is 5.87. The van der Waals surface area contributed by atoms with Gasteiger partial charge in [-0.2, -0.15) is 0 Å². The second kappa shape index (κ2) is 8.22. The van der Waals surface area contributed by atoms with Crippen LogP contribution in [0.2, 0.25) is 0 Å². The van der Waals surface area contributed by atoms with Crippen LogP contribution in [0.4, 0.5) is 4.79 Å². The maximum atomic E-state index is 11.8. The standard InChI is InChI=1S/C17H24N4O/c1-20(13-9-16(18)15-7-3-2-4-8-15)14-10-19-17(22)21-11-5-6-12-21/h2-4,7-9,13,18H,5-6,10-12,14H2,1H3,(H,19,22)/b13-9-,18-16?. The van der Waals surface area contributed by atoms with Crippen molar-refractivity contribution in [1.82, 2.24) is 15.1 Å². The highest BCUT2D eigenvalue weighted by Crippen LogP contribution is 2.06. The minimum Gasteiger partial charge on any atom is -0.379 e. The lowest BCUT2D eigenvalue weighted by molar-refractivity contribution is 0.208. The number of urea groups is 1. The molecule has 1 aromatic rings. The molecule has 0 atom stereocenters. The molecular weight excluding hydrogens is 276 g/mol. The average molecular weight is 300 g/mol. The largest absolute Gasteiger partial charge is 0.379 e. The molecule has 0 bridgehead atoms. The summed E-state index contributed by atoms with van der Waals surface area (Å²) in [7, 11) is 1.94. The monoisotopic (exact) mass is 300 g/mol. The Morgan fingerprint density at radius 1 is 1.32 bits per heavy atom. The number of allylic oxidation sites excluding steroid dienone is 1. The molecule has 1 heterocycles. The molecule has 1 aromatic carbocycles. The first-order chi connectivity index (χ1) is 10.7. The summed E-state index contributed by atoms with van der Waals surface area (Å²) < 4.78 is 0. The van der Waals surface area contributed by atoms with Gasteiger partial charge in [-0.1, -0.05) is 30.3 Å². The lowest BCUT2D eigenvalue weighted by Crippen LogP contribution is -2.40. The van der Waals surface area contributed by atoms with Crippen molar-refractivity contribution in [2.24, 2.45) is 0 Å². The molecule has 2 rings (SSSR count). The third-order valence-electron chi connectivity index (χ3n) is 3.71. The number of likely N-dealkylation sites (tertiary alicyclic amines) is 1. The smallest absolute Gasteiger partial charge is 0.317 e. The molecule has 1 saturated heterocycles. The van der Waals surface area contributed by atoms with Gasteiger partial charge >= 0.3 is 6.03 Å². The lowest BCUT2D eigenvalue weighted by atomic mass is 10.1. The summed E-state index contributed by atoms with van der Waals surface area (Å²) >= 11 is 0. The Bertz CT molecular complexity index is 521. The van der Waals surface area contributed by atoms with Crippen LogP contribution in [0.1, 0.15) is 18.4 Å². The van der Waals surface area contributed by atoms with Crippen molar-refractivity contribution in [3.63, 3.8) is 0 Å². The van der Waals surface area contributed by atoms with Crippen molar-refractivity contribution < 1.29 is 4.79 Å². The van der Waals surface area contributed by atoms with E-state index in [9.17, 15) is 4.79 Å². The van der Waals surface area contributed by atoms with Crippen molar-refractivity contribution in [1.29, 1.82) is 5.41 Å². The second-order valence-corrected chi connectivity index (χ2v) is 5.50. The zero-order chi connectivity index (χ0) is 15.8. The second-order valence-electron chi connectivity index (χ2n) is 5.50. The Kier molecular flexibility index (Phi) is 6.01. The van der Waals surface area contributed by atoms with Crippen LogP contribution in [0.15, 0.2) is 42.6 Å². The highest BCUT2D eigenvalue weighted by Gasteiger charge is 2.16. The Hall–Kier alpha value is -2.30. The average Bonchev–Trinajstić information content (AvgIpc) is 3.08. The van der Waals surface area contributed by atoms with Gasteiger partial charge in [-0.05, 0) is 24.5 Å². The van der Waals surface area contributed by atoms with Gasteiger partial charge in [0, 0.05) is 39.4 Å². The first-order valence-electron chi connectivity index (χ1n) is 7.72. The number of rotatable bonds is 6. The van der Waals surface area contributed by atoms with E-state index in [4.69, 9.17) is 5.41 Å². The van der Waals surface area contributed by atoms with Gasteiger partial charge < -0.3 is 20.5 Å². The van der Waals surface area contributed by atoms with Crippen molar-refractivity contribution >= 4 is 11.7 Å². The minimum absolute atomic E-state index is 0.0342. The van der Waals surface area contributed by atoms with Crippen molar-refractivity contribution in [2.75, 3.05) is 33.2 Å². The van der Waals surface area contributed by atoms with E-state index in [0.29, 0.717) is 12.3 Å². The van der Waals surface area contributed by atoms with Gasteiger partial charge in [0.1, 0.15) is 0 Å². The van der Waals surface area contributed by atoms with Gasteiger partial charge in [0.05, 0.1) is 5.71 Å². The fourth-order valence-electron chi connectivity index (χ4n) is 2.36. The Morgan fingerprint density at radius 2 is 2.00 bits per heavy atom. The van der Waals surface area contributed by atoms with Crippen LogP contribution in [0, 0.1) is 5.41 Å². The fourth-order valence-corrected chi connectivity index (χ4v) is 2.36. The number of benzene rings is 1. The van der Waals surface area contributed by atoms with E-state index < -0.39 is 0 Å². The number of nitrogens with one attached hydrogen (secondary N) is 2. The maximum Gasteiger partial charge on any atom is 0.317 e. The molecular formula is C17H24N4O. The van der Waals surface area contributed by atoms with Crippen molar-refractivity contribution in [2.45, 2.75) is 12.8 Å². The van der Waals surface area contributed by atoms with E-state index >= 15 is 0 Å². The normalized spacial score (nSPS) is 14.3. The van der Waals surface area contributed by atoms with E-state index in [-0.39, 0.29) is 6.03 Å². The first kappa shape index (κ1) is 16.1. The van der Waals surface area contributed by atoms with Crippen LogP contribution in [-0.2, 0) is 0 Å². The van der Waals surface area contributed by atoms with E-state index in [1.54, 1.807) is 6.08 Å². The van der Waals surface area contributed by atoms with Crippen LogP contribution >= 0.6 is 0 Å². The van der Waals surface area contributed by atoms with E-state index in [1.165, 1.54) is 0 Å². The molecule has 5 nitrogen and oxygen atoms in total. The SMILES string of the molecule is CN(/C=C\C(=N)c1ccccc1)CCNC(=O)N1CCCC1. The summed E-state index contributed by atoms with van der Waals surface area (Å²) in [4.78, 5) is 15.7. The highest BCUT2D eigenvalue weighted by atomic mass is 16.2. The third-order valence-corrected chi connectivity index (χ3v) is 3.71. The zero-order valence-electron chi connectivity index (χ0n) is 13.1. The van der Waals surface area contributed by atoms with Crippen LogP contribution in [0.5, 0.6) is 0 Å². The number of carbonyl (C=O) groups excluding carboxylic acids is 1. The van der Waals surface area contributed by atoms with Gasteiger partial charge in [-0.25, -0.2) is 4.79 Å². The number of carbonyl (C=O) groups is 1. The van der Waals surface area contributed by atoms with E-state index in [1.807, 2.05) is 53.4 Å². The van der Waals surface area contributed by atoms with Crippen LogP contribution < -0.4 is 5.32 Å². The Morgan fingerprint density at radius 3 is 2.68 bits per heavy atom. The summed E-state index contributed by atoms with van der Waals surface area (Å²) in [6, 6.07) is 9.67. The van der Waals surface area contributed by atoms with Crippen LogP contribution in [0.25, 0.3) is 0 Å². The molecule has 2 N–H and O–H groups in total. The van der Waals surface area contributed by atoms with Crippen molar-refractivity contribution in [3.05, 3.63) is 48.2 Å².